The first kappa shape index (κ1) is 11.4. The summed E-state index contributed by atoms with van der Waals surface area (Å²) in [6, 6.07) is 1.39. The molecule has 0 atom stereocenters. The number of rotatable bonds is 1. The molecule has 1 aromatic rings. The molecule has 0 spiro atoms. The molecule has 1 aromatic carbocycles. The summed E-state index contributed by atoms with van der Waals surface area (Å²) in [7, 11) is 0. The second kappa shape index (κ2) is 3.45. The summed E-state index contributed by atoms with van der Waals surface area (Å²) in [5.74, 6) is -2.41. The van der Waals surface area contributed by atoms with Crippen LogP contribution in [0.15, 0.2) is 12.1 Å². The molecule has 0 aliphatic carbocycles. The maximum atomic E-state index is 12.3. The number of aryl methyl sites for hydroxylation is 1. The van der Waals surface area contributed by atoms with Gasteiger partial charge in [-0.25, -0.2) is 4.79 Å². The number of phenolic OH excluding ortho intramolecular Hbond substituents is 1. The molecule has 0 bridgehead atoms. The number of benzene rings is 1. The van der Waals surface area contributed by atoms with Crippen LogP contribution in [-0.4, -0.2) is 16.2 Å². The average Bonchev–Trinajstić information content (AvgIpc) is 2.06. The summed E-state index contributed by atoms with van der Waals surface area (Å²) in [6.45, 7) is 1.21. The van der Waals surface area contributed by atoms with E-state index in [-0.39, 0.29) is 5.56 Å². The standard InChI is InChI=1S/C9H7F3O3/c1-4-2-5(8(14)15)3-6(7(4)13)9(10,11)12/h2-3,13H,1H3,(H,14,15). The predicted molar refractivity (Wildman–Crippen MR) is 44.8 cm³/mol. The lowest BCUT2D eigenvalue weighted by atomic mass is 10.0. The summed E-state index contributed by atoms with van der Waals surface area (Å²) in [6.07, 6.45) is -4.76. The maximum Gasteiger partial charge on any atom is 0.419 e. The van der Waals surface area contributed by atoms with Crippen molar-refractivity contribution >= 4 is 5.97 Å². The van der Waals surface area contributed by atoms with E-state index in [4.69, 9.17) is 10.2 Å². The van der Waals surface area contributed by atoms with Gasteiger partial charge in [-0.05, 0) is 24.6 Å². The third kappa shape index (κ3) is 2.20. The first-order valence-corrected chi connectivity index (χ1v) is 3.87. The molecule has 6 heteroatoms. The van der Waals surface area contributed by atoms with Crippen molar-refractivity contribution in [2.45, 2.75) is 13.1 Å². The van der Waals surface area contributed by atoms with Gasteiger partial charge in [0.1, 0.15) is 5.75 Å². The van der Waals surface area contributed by atoms with Crippen LogP contribution in [0, 0.1) is 6.92 Å². The topological polar surface area (TPSA) is 57.5 Å². The second-order valence-electron chi connectivity index (χ2n) is 2.99. The molecule has 0 heterocycles. The highest BCUT2D eigenvalue weighted by Crippen LogP contribution is 2.38. The van der Waals surface area contributed by atoms with Gasteiger partial charge in [-0.15, -0.1) is 0 Å². The number of carbonyl (C=O) groups is 1. The number of alkyl halides is 3. The summed E-state index contributed by atoms with van der Waals surface area (Å²) in [5, 5.41) is 17.7. The number of halogens is 3. The van der Waals surface area contributed by atoms with E-state index in [0.717, 1.165) is 6.07 Å². The van der Waals surface area contributed by atoms with Crippen molar-refractivity contribution in [1.29, 1.82) is 0 Å². The minimum Gasteiger partial charge on any atom is -0.507 e. The molecule has 2 N–H and O–H groups in total. The van der Waals surface area contributed by atoms with Crippen LogP contribution in [-0.2, 0) is 6.18 Å². The fraction of sp³-hybridized carbons (Fsp3) is 0.222. The van der Waals surface area contributed by atoms with Gasteiger partial charge in [-0.1, -0.05) is 0 Å². The fourth-order valence-electron chi connectivity index (χ4n) is 1.12. The van der Waals surface area contributed by atoms with E-state index in [9.17, 15) is 18.0 Å². The lowest BCUT2D eigenvalue weighted by Gasteiger charge is -2.11. The minimum absolute atomic E-state index is 0.123. The van der Waals surface area contributed by atoms with Crippen molar-refractivity contribution in [3.63, 3.8) is 0 Å². The molecule has 0 fully saturated rings. The van der Waals surface area contributed by atoms with Crippen LogP contribution >= 0.6 is 0 Å². The SMILES string of the molecule is Cc1cc(C(=O)O)cc(C(F)(F)F)c1O. The van der Waals surface area contributed by atoms with Crippen molar-refractivity contribution in [3.05, 3.63) is 28.8 Å². The highest BCUT2D eigenvalue weighted by Gasteiger charge is 2.35. The largest absolute Gasteiger partial charge is 0.507 e. The molecule has 82 valence electrons. The van der Waals surface area contributed by atoms with Crippen LogP contribution in [0.3, 0.4) is 0 Å². The predicted octanol–water partition coefficient (Wildman–Crippen LogP) is 2.42. The van der Waals surface area contributed by atoms with Gasteiger partial charge in [0.2, 0.25) is 0 Å². The van der Waals surface area contributed by atoms with Crippen LogP contribution in [0.25, 0.3) is 0 Å². The highest BCUT2D eigenvalue weighted by atomic mass is 19.4. The number of carboxylic acids is 1. The average molecular weight is 220 g/mol. The van der Waals surface area contributed by atoms with E-state index < -0.39 is 29.0 Å². The van der Waals surface area contributed by atoms with E-state index >= 15 is 0 Å². The Labute approximate surface area is 82.8 Å². The molecular formula is C9H7F3O3. The van der Waals surface area contributed by atoms with Gasteiger partial charge in [0, 0.05) is 0 Å². The van der Waals surface area contributed by atoms with Gasteiger partial charge in [0.15, 0.2) is 0 Å². The van der Waals surface area contributed by atoms with Crippen LogP contribution in [0.5, 0.6) is 5.75 Å². The minimum atomic E-state index is -4.76. The third-order valence-electron chi connectivity index (χ3n) is 1.85. The van der Waals surface area contributed by atoms with Gasteiger partial charge in [-0.2, -0.15) is 13.2 Å². The van der Waals surface area contributed by atoms with E-state index in [1.807, 2.05) is 0 Å². The Morgan fingerprint density at radius 2 is 1.87 bits per heavy atom. The third-order valence-corrected chi connectivity index (χ3v) is 1.85. The molecule has 0 aliphatic heterocycles. The number of phenols is 1. The molecule has 0 radical (unpaired) electrons. The summed E-state index contributed by atoms with van der Waals surface area (Å²) in [5.41, 5.74) is -1.96. The number of aromatic hydroxyl groups is 1. The molecule has 0 saturated heterocycles. The first-order chi connectivity index (χ1) is 6.73. The van der Waals surface area contributed by atoms with Crippen molar-refractivity contribution in [3.8, 4) is 5.75 Å². The van der Waals surface area contributed by atoms with Gasteiger partial charge in [-0.3, -0.25) is 0 Å². The van der Waals surface area contributed by atoms with E-state index in [1.54, 1.807) is 0 Å². The summed E-state index contributed by atoms with van der Waals surface area (Å²) < 4.78 is 37.0. The smallest absolute Gasteiger partial charge is 0.419 e. The molecule has 0 amide bonds. The Kier molecular flexibility index (Phi) is 2.61. The van der Waals surface area contributed by atoms with Crippen molar-refractivity contribution < 1.29 is 28.2 Å². The lowest BCUT2D eigenvalue weighted by molar-refractivity contribution is -0.138. The van der Waals surface area contributed by atoms with E-state index in [0.29, 0.717) is 6.07 Å². The first-order valence-electron chi connectivity index (χ1n) is 3.87. The molecular weight excluding hydrogens is 213 g/mol. The number of carboxylic acid groups (broad SMARTS) is 1. The van der Waals surface area contributed by atoms with Crippen LogP contribution < -0.4 is 0 Å². The Balaban J connectivity index is 3.45. The zero-order valence-corrected chi connectivity index (χ0v) is 7.59. The van der Waals surface area contributed by atoms with Gasteiger partial charge in [0.05, 0.1) is 11.1 Å². The molecule has 0 aromatic heterocycles. The zero-order chi connectivity index (χ0) is 11.8. The second-order valence-corrected chi connectivity index (χ2v) is 2.99. The van der Waals surface area contributed by atoms with Crippen molar-refractivity contribution in [1.82, 2.24) is 0 Å². The highest BCUT2D eigenvalue weighted by molar-refractivity contribution is 5.88. The number of hydrogen-bond donors (Lipinski definition) is 2. The maximum absolute atomic E-state index is 12.3. The monoisotopic (exact) mass is 220 g/mol. The zero-order valence-electron chi connectivity index (χ0n) is 7.59. The van der Waals surface area contributed by atoms with E-state index in [2.05, 4.69) is 0 Å². The molecule has 3 nitrogen and oxygen atoms in total. The Hall–Kier alpha value is -1.72. The molecule has 1 rings (SSSR count). The molecule has 0 unspecified atom stereocenters. The molecule has 0 aliphatic rings. The Bertz CT molecular complexity index is 410. The lowest BCUT2D eigenvalue weighted by Crippen LogP contribution is -2.08. The number of hydrogen-bond acceptors (Lipinski definition) is 2. The fourth-order valence-corrected chi connectivity index (χ4v) is 1.12. The van der Waals surface area contributed by atoms with E-state index in [1.165, 1.54) is 6.92 Å². The van der Waals surface area contributed by atoms with Gasteiger partial charge < -0.3 is 10.2 Å². The van der Waals surface area contributed by atoms with Gasteiger partial charge in [0.25, 0.3) is 0 Å². The summed E-state index contributed by atoms with van der Waals surface area (Å²) in [4.78, 5) is 10.5. The van der Waals surface area contributed by atoms with Crippen LogP contribution in [0.2, 0.25) is 0 Å². The normalized spacial score (nSPS) is 11.5. The molecule has 0 saturated carbocycles. The van der Waals surface area contributed by atoms with Crippen molar-refractivity contribution in [2.24, 2.45) is 0 Å². The van der Waals surface area contributed by atoms with Crippen LogP contribution in [0.4, 0.5) is 13.2 Å². The summed E-state index contributed by atoms with van der Waals surface area (Å²) >= 11 is 0. The Morgan fingerprint density at radius 1 is 1.33 bits per heavy atom. The quantitative estimate of drug-likeness (QED) is 0.764. The van der Waals surface area contributed by atoms with Gasteiger partial charge >= 0.3 is 12.1 Å². The van der Waals surface area contributed by atoms with Crippen LogP contribution in [0.1, 0.15) is 21.5 Å². The number of aromatic carboxylic acids is 1. The Morgan fingerprint density at radius 3 is 2.27 bits per heavy atom. The van der Waals surface area contributed by atoms with Crippen molar-refractivity contribution in [2.75, 3.05) is 0 Å². The molecule has 15 heavy (non-hydrogen) atoms.